The van der Waals surface area contributed by atoms with Crippen molar-refractivity contribution in [3.05, 3.63) is 54.4 Å². The van der Waals surface area contributed by atoms with Gasteiger partial charge in [-0.3, -0.25) is 4.79 Å². The number of hydrogen-bond acceptors (Lipinski definition) is 6. The third-order valence-electron chi connectivity index (χ3n) is 5.58. The van der Waals surface area contributed by atoms with Crippen molar-refractivity contribution in [1.29, 1.82) is 0 Å². The average Bonchev–Trinajstić information content (AvgIpc) is 3.39. The van der Waals surface area contributed by atoms with Crippen LogP contribution < -0.4 is 15.0 Å². The third kappa shape index (κ3) is 3.03. The van der Waals surface area contributed by atoms with Gasteiger partial charge in [-0.05, 0) is 49.6 Å². The van der Waals surface area contributed by atoms with E-state index in [0.717, 1.165) is 41.4 Å². The lowest BCUT2D eigenvalue weighted by molar-refractivity contribution is -0.117. The lowest BCUT2D eigenvalue weighted by Crippen LogP contribution is -2.40. The molecule has 1 fully saturated rings. The number of furan rings is 1. The van der Waals surface area contributed by atoms with Crippen LogP contribution in [0.5, 0.6) is 5.75 Å². The molecule has 0 spiro atoms. The Balaban J connectivity index is 1.50. The van der Waals surface area contributed by atoms with E-state index in [2.05, 4.69) is 15.3 Å². The van der Waals surface area contributed by atoms with Crippen LogP contribution in [0.1, 0.15) is 18.4 Å². The maximum Gasteiger partial charge on any atom is 0.247 e. The van der Waals surface area contributed by atoms with E-state index in [1.165, 1.54) is 6.33 Å². The summed E-state index contributed by atoms with van der Waals surface area (Å²) in [4.78, 5) is 24.1. The number of para-hydroxylation sites is 1. The number of aryl methyl sites for hydroxylation is 1. The summed E-state index contributed by atoms with van der Waals surface area (Å²) >= 11 is 0. The SMILES string of the molecule is COc1ccc(C)cc1NC(=O)C1CCCN1c1ncnc2c1oc1ccccc12. The minimum atomic E-state index is -0.346. The van der Waals surface area contributed by atoms with Gasteiger partial charge in [0.05, 0.1) is 12.8 Å². The quantitative estimate of drug-likeness (QED) is 0.548. The Labute approximate surface area is 173 Å². The highest BCUT2D eigenvalue weighted by Gasteiger charge is 2.34. The van der Waals surface area contributed by atoms with Gasteiger partial charge in [0.25, 0.3) is 0 Å². The van der Waals surface area contributed by atoms with E-state index in [9.17, 15) is 4.79 Å². The van der Waals surface area contributed by atoms with Crippen LogP contribution in [0.15, 0.2) is 53.2 Å². The zero-order valence-corrected chi connectivity index (χ0v) is 16.9. The highest BCUT2D eigenvalue weighted by molar-refractivity contribution is 6.06. The van der Waals surface area contributed by atoms with Crippen LogP contribution in [0, 0.1) is 6.92 Å². The molecule has 1 aliphatic rings. The first-order chi connectivity index (χ1) is 14.7. The van der Waals surface area contributed by atoms with Crippen molar-refractivity contribution in [2.24, 2.45) is 0 Å². The Hall–Kier alpha value is -3.61. The largest absolute Gasteiger partial charge is 0.495 e. The molecule has 1 amide bonds. The minimum Gasteiger partial charge on any atom is -0.495 e. The van der Waals surface area contributed by atoms with Gasteiger partial charge in [-0.1, -0.05) is 18.2 Å². The van der Waals surface area contributed by atoms with Crippen LogP contribution in [-0.2, 0) is 4.79 Å². The summed E-state index contributed by atoms with van der Waals surface area (Å²) in [5.41, 5.74) is 3.87. The van der Waals surface area contributed by atoms with E-state index in [0.29, 0.717) is 22.8 Å². The molecule has 30 heavy (non-hydrogen) atoms. The molecule has 1 atom stereocenters. The van der Waals surface area contributed by atoms with Gasteiger partial charge >= 0.3 is 0 Å². The molecule has 0 bridgehead atoms. The molecule has 0 radical (unpaired) electrons. The number of carbonyl (C=O) groups excluding carboxylic acids is 1. The van der Waals surface area contributed by atoms with Crippen LogP contribution in [0.4, 0.5) is 11.5 Å². The van der Waals surface area contributed by atoms with E-state index in [1.807, 2.05) is 54.3 Å². The average molecular weight is 402 g/mol. The van der Waals surface area contributed by atoms with Gasteiger partial charge in [-0.15, -0.1) is 0 Å². The normalized spacial score (nSPS) is 16.3. The van der Waals surface area contributed by atoms with Crippen LogP contribution in [-0.4, -0.2) is 35.6 Å². The molecule has 7 nitrogen and oxygen atoms in total. The van der Waals surface area contributed by atoms with Crippen molar-refractivity contribution >= 4 is 39.5 Å². The maximum atomic E-state index is 13.2. The van der Waals surface area contributed by atoms with Crippen LogP contribution in [0.3, 0.4) is 0 Å². The number of anilines is 2. The summed E-state index contributed by atoms with van der Waals surface area (Å²) in [5, 5.41) is 3.98. The monoisotopic (exact) mass is 402 g/mol. The van der Waals surface area contributed by atoms with Crippen LogP contribution >= 0.6 is 0 Å². The van der Waals surface area contributed by atoms with Crippen LogP contribution in [0.2, 0.25) is 0 Å². The fourth-order valence-electron chi connectivity index (χ4n) is 4.14. The molecule has 0 aliphatic carbocycles. The number of benzene rings is 2. The number of hydrogen-bond donors (Lipinski definition) is 1. The first kappa shape index (κ1) is 18.4. The molecule has 152 valence electrons. The second-order valence-corrected chi connectivity index (χ2v) is 7.52. The maximum absolute atomic E-state index is 13.2. The second-order valence-electron chi connectivity index (χ2n) is 7.52. The second kappa shape index (κ2) is 7.33. The van der Waals surface area contributed by atoms with Crippen molar-refractivity contribution < 1.29 is 13.9 Å². The summed E-state index contributed by atoms with van der Waals surface area (Å²) in [7, 11) is 1.60. The number of carbonyl (C=O) groups is 1. The first-order valence-electron chi connectivity index (χ1n) is 10.00. The Bertz CT molecular complexity index is 1250. The lowest BCUT2D eigenvalue weighted by Gasteiger charge is -2.25. The Morgan fingerprint density at radius 3 is 2.97 bits per heavy atom. The topological polar surface area (TPSA) is 80.5 Å². The third-order valence-corrected chi connectivity index (χ3v) is 5.58. The van der Waals surface area contributed by atoms with E-state index < -0.39 is 0 Å². The van der Waals surface area contributed by atoms with Gasteiger partial charge in [0, 0.05) is 11.9 Å². The Morgan fingerprint density at radius 1 is 1.23 bits per heavy atom. The molecule has 5 rings (SSSR count). The van der Waals surface area contributed by atoms with Gasteiger partial charge in [0.1, 0.15) is 29.2 Å². The summed E-state index contributed by atoms with van der Waals surface area (Å²) in [6.07, 6.45) is 3.18. The van der Waals surface area contributed by atoms with Gasteiger partial charge in [-0.25, -0.2) is 9.97 Å². The van der Waals surface area contributed by atoms with Gasteiger partial charge in [-0.2, -0.15) is 0 Å². The molecule has 7 heteroatoms. The molecular formula is C23H22N4O3. The molecule has 2 aromatic carbocycles. The molecule has 1 saturated heterocycles. The van der Waals surface area contributed by atoms with Gasteiger partial charge < -0.3 is 19.4 Å². The minimum absolute atomic E-state index is 0.0840. The van der Waals surface area contributed by atoms with Crippen LogP contribution in [0.25, 0.3) is 22.1 Å². The Morgan fingerprint density at radius 2 is 2.10 bits per heavy atom. The number of rotatable bonds is 4. The van der Waals surface area contributed by atoms with Crippen molar-refractivity contribution in [2.75, 3.05) is 23.9 Å². The molecule has 3 heterocycles. The molecule has 0 saturated carbocycles. The van der Waals surface area contributed by atoms with E-state index in [-0.39, 0.29) is 11.9 Å². The molecule has 1 N–H and O–H groups in total. The van der Waals surface area contributed by atoms with E-state index >= 15 is 0 Å². The van der Waals surface area contributed by atoms with E-state index in [1.54, 1.807) is 7.11 Å². The highest BCUT2D eigenvalue weighted by Crippen LogP contribution is 2.35. The zero-order valence-electron chi connectivity index (χ0n) is 16.9. The number of aromatic nitrogens is 2. The number of fused-ring (bicyclic) bond motifs is 3. The molecule has 1 unspecified atom stereocenters. The van der Waals surface area contributed by atoms with Crippen molar-refractivity contribution in [3.8, 4) is 5.75 Å². The molecule has 4 aromatic rings. The number of ether oxygens (including phenoxy) is 1. The summed E-state index contributed by atoms with van der Waals surface area (Å²) < 4.78 is 11.5. The van der Waals surface area contributed by atoms with Gasteiger partial charge in [0.2, 0.25) is 5.91 Å². The first-order valence-corrected chi connectivity index (χ1v) is 10.00. The molecule has 1 aliphatic heterocycles. The Kier molecular flexibility index (Phi) is 4.50. The molecular weight excluding hydrogens is 380 g/mol. The summed E-state index contributed by atoms with van der Waals surface area (Å²) in [6.45, 7) is 2.71. The number of nitrogens with zero attached hydrogens (tertiary/aromatic N) is 3. The summed E-state index contributed by atoms with van der Waals surface area (Å²) in [6, 6.07) is 13.2. The highest BCUT2D eigenvalue weighted by atomic mass is 16.5. The van der Waals surface area contributed by atoms with Crippen molar-refractivity contribution in [3.63, 3.8) is 0 Å². The number of nitrogens with one attached hydrogen (secondary N) is 1. The van der Waals surface area contributed by atoms with Crippen molar-refractivity contribution in [1.82, 2.24) is 9.97 Å². The van der Waals surface area contributed by atoms with Gasteiger partial charge in [0.15, 0.2) is 11.4 Å². The predicted octanol–water partition coefficient (Wildman–Crippen LogP) is 4.30. The number of methoxy groups -OCH3 is 1. The molecule has 2 aromatic heterocycles. The van der Waals surface area contributed by atoms with Crippen molar-refractivity contribution in [2.45, 2.75) is 25.8 Å². The number of amides is 1. The summed E-state index contributed by atoms with van der Waals surface area (Å²) in [5.74, 6) is 1.21. The fourth-order valence-corrected chi connectivity index (χ4v) is 4.14. The fraction of sp³-hybridized carbons (Fsp3) is 0.261. The predicted molar refractivity (Wildman–Crippen MR) is 116 cm³/mol. The zero-order chi connectivity index (χ0) is 20.7. The smallest absolute Gasteiger partial charge is 0.247 e. The van der Waals surface area contributed by atoms with E-state index in [4.69, 9.17) is 9.15 Å². The lowest BCUT2D eigenvalue weighted by atomic mass is 10.1. The standard InChI is InChI=1S/C23H22N4O3/c1-14-9-10-19(29-2)16(12-14)26-23(28)17-7-5-11-27(17)22-21-20(24-13-25-22)15-6-3-4-8-18(15)30-21/h3-4,6,8-10,12-13,17H,5,7,11H2,1-2H3,(H,26,28).